The Morgan fingerprint density at radius 3 is 3.18 bits per heavy atom. The Kier molecular flexibility index (Phi) is 3.46. The highest BCUT2D eigenvalue weighted by Crippen LogP contribution is 2.31. The van der Waals surface area contributed by atoms with Gasteiger partial charge in [-0.3, -0.25) is 4.90 Å². The molecule has 1 heterocycles. The van der Waals surface area contributed by atoms with Crippen molar-refractivity contribution in [2.75, 3.05) is 24.6 Å². The lowest BCUT2D eigenvalue weighted by atomic mass is 10.2. The Labute approximate surface area is 99.4 Å². The molecule has 1 aromatic rings. The van der Waals surface area contributed by atoms with Crippen molar-refractivity contribution < 1.29 is 13.9 Å². The first kappa shape index (κ1) is 11.7. The van der Waals surface area contributed by atoms with Crippen LogP contribution in [0.1, 0.15) is 13.3 Å². The Bertz CT molecular complexity index is 423. The van der Waals surface area contributed by atoms with E-state index in [4.69, 9.17) is 4.74 Å². The van der Waals surface area contributed by atoms with Crippen LogP contribution in [-0.4, -0.2) is 25.7 Å². The number of anilines is 1. The SMILES string of the molecule is CCCNC(=O)N1CCOc2ccc(F)cc21. The second-order valence-electron chi connectivity index (χ2n) is 3.84. The summed E-state index contributed by atoms with van der Waals surface area (Å²) in [6, 6.07) is 3.98. The van der Waals surface area contributed by atoms with Gasteiger partial charge in [-0.05, 0) is 18.6 Å². The predicted molar refractivity (Wildman–Crippen MR) is 62.9 cm³/mol. The zero-order valence-corrected chi connectivity index (χ0v) is 9.70. The molecule has 0 unspecified atom stereocenters. The van der Waals surface area contributed by atoms with Gasteiger partial charge in [0.1, 0.15) is 18.2 Å². The van der Waals surface area contributed by atoms with E-state index in [1.807, 2.05) is 6.92 Å². The molecule has 0 atom stereocenters. The number of urea groups is 1. The minimum atomic E-state index is -0.373. The number of nitrogens with zero attached hydrogens (tertiary/aromatic N) is 1. The maximum Gasteiger partial charge on any atom is 0.322 e. The van der Waals surface area contributed by atoms with Crippen molar-refractivity contribution in [3.63, 3.8) is 0 Å². The Hall–Kier alpha value is -1.78. The predicted octanol–water partition coefficient (Wildman–Crippen LogP) is 2.14. The van der Waals surface area contributed by atoms with Gasteiger partial charge < -0.3 is 10.1 Å². The van der Waals surface area contributed by atoms with Crippen LogP contribution in [0.5, 0.6) is 5.75 Å². The number of nitrogens with one attached hydrogen (secondary N) is 1. The lowest BCUT2D eigenvalue weighted by molar-refractivity contribution is 0.240. The summed E-state index contributed by atoms with van der Waals surface area (Å²) in [5.74, 6) is 0.173. The van der Waals surface area contributed by atoms with E-state index in [-0.39, 0.29) is 11.8 Å². The minimum Gasteiger partial charge on any atom is -0.490 e. The number of carbonyl (C=O) groups is 1. The third-order valence-corrected chi connectivity index (χ3v) is 2.56. The van der Waals surface area contributed by atoms with Crippen LogP contribution in [0.4, 0.5) is 14.9 Å². The van der Waals surface area contributed by atoms with Crippen LogP contribution in [0, 0.1) is 5.82 Å². The highest BCUT2D eigenvalue weighted by Gasteiger charge is 2.23. The lowest BCUT2D eigenvalue weighted by Gasteiger charge is -2.29. The van der Waals surface area contributed by atoms with Gasteiger partial charge in [-0.25, -0.2) is 9.18 Å². The molecule has 2 rings (SSSR count). The average Bonchev–Trinajstić information content (AvgIpc) is 2.35. The second kappa shape index (κ2) is 5.03. The van der Waals surface area contributed by atoms with Gasteiger partial charge in [-0.1, -0.05) is 6.92 Å². The lowest BCUT2D eigenvalue weighted by Crippen LogP contribution is -2.44. The summed E-state index contributed by atoms with van der Waals surface area (Å²) in [6.45, 7) is 3.46. The molecule has 0 fully saturated rings. The molecule has 1 aliphatic rings. The van der Waals surface area contributed by atoms with Crippen molar-refractivity contribution in [2.45, 2.75) is 13.3 Å². The van der Waals surface area contributed by atoms with Gasteiger partial charge >= 0.3 is 6.03 Å². The van der Waals surface area contributed by atoms with Crippen molar-refractivity contribution in [2.24, 2.45) is 0 Å². The van der Waals surface area contributed by atoms with E-state index in [2.05, 4.69) is 5.32 Å². The number of hydrogen-bond acceptors (Lipinski definition) is 2. The van der Waals surface area contributed by atoms with Crippen LogP contribution in [0.2, 0.25) is 0 Å². The monoisotopic (exact) mass is 238 g/mol. The molecule has 0 radical (unpaired) electrons. The fourth-order valence-corrected chi connectivity index (χ4v) is 1.73. The zero-order chi connectivity index (χ0) is 12.3. The molecule has 4 nitrogen and oxygen atoms in total. The van der Waals surface area contributed by atoms with Gasteiger partial charge in [-0.15, -0.1) is 0 Å². The zero-order valence-electron chi connectivity index (χ0n) is 9.70. The standard InChI is InChI=1S/C12H15FN2O2/c1-2-5-14-12(16)15-6-7-17-11-4-3-9(13)8-10(11)15/h3-4,8H,2,5-7H2,1H3,(H,14,16). The van der Waals surface area contributed by atoms with Crippen LogP contribution < -0.4 is 15.0 Å². The molecule has 1 N–H and O–H groups in total. The molecule has 0 saturated heterocycles. The third-order valence-electron chi connectivity index (χ3n) is 2.56. The topological polar surface area (TPSA) is 41.6 Å². The average molecular weight is 238 g/mol. The molecule has 0 aliphatic carbocycles. The van der Waals surface area contributed by atoms with Gasteiger partial charge in [0.2, 0.25) is 0 Å². The quantitative estimate of drug-likeness (QED) is 0.857. The largest absolute Gasteiger partial charge is 0.490 e. The van der Waals surface area contributed by atoms with E-state index in [1.165, 1.54) is 17.0 Å². The maximum atomic E-state index is 13.2. The molecule has 0 aromatic heterocycles. The number of ether oxygens (including phenoxy) is 1. The van der Waals surface area contributed by atoms with Gasteiger partial charge in [0.15, 0.2) is 0 Å². The highest BCUT2D eigenvalue weighted by atomic mass is 19.1. The van der Waals surface area contributed by atoms with Gasteiger partial charge in [0.25, 0.3) is 0 Å². The van der Waals surface area contributed by atoms with E-state index in [0.29, 0.717) is 31.1 Å². The minimum absolute atomic E-state index is 0.206. The first-order valence-corrected chi connectivity index (χ1v) is 5.70. The molecule has 1 aliphatic heterocycles. The molecule has 0 bridgehead atoms. The van der Waals surface area contributed by atoms with Crippen molar-refractivity contribution in [3.05, 3.63) is 24.0 Å². The summed E-state index contributed by atoms with van der Waals surface area (Å²) in [6.07, 6.45) is 0.867. The summed E-state index contributed by atoms with van der Waals surface area (Å²) >= 11 is 0. The second-order valence-corrected chi connectivity index (χ2v) is 3.84. The van der Waals surface area contributed by atoms with E-state index >= 15 is 0 Å². The molecule has 17 heavy (non-hydrogen) atoms. The molecular weight excluding hydrogens is 223 g/mol. The molecule has 1 aromatic carbocycles. The van der Waals surface area contributed by atoms with Crippen LogP contribution in [0.25, 0.3) is 0 Å². The number of hydrogen-bond donors (Lipinski definition) is 1. The number of halogens is 1. The number of rotatable bonds is 2. The van der Waals surface area contributed by atoms with Crippen molar-refractivity contribution in [1.82, 2.24) is 5.32 Å². The summed E-state index contributed by atoms with van der Waals surface area (Å²) in [5.41, 5.74) is 0.491. The van der Waals surface area contributed by atoms with E-state index in [1.54, 1.807) is 6.07 Å². The Morgan fingerprint density at radius 1 is 1.59 bits per heavy atom. The number of fused-ring (bicyclic) bond motifs is 1. The smallest absolute Gasteiger partial charge is 0.322 e. The molecule has 2 amide bonds. The van der Waals surface area contributed by atoms with Crippen LogP contribution in [0.3, 0.4) is 0 Å². The third kappa shape index (κ3) is 2.49. The van der Waals surface area contributed by atoms with Crippen molar-refractivity contribution in [1.29, 1.82) is 0 Å². The molecular formula is C12H15FN2O2. The van der Waals surface area contributed by atoms with Crippen molar-refractivity contribution in [3.8, 4) is 5.75 Å². The van der Waals surface area contributed by atoms with Crippen LogP contribution in [0.15, 0.2) is 18.2 Å². The van der Waals surface area contributed by atoms with Gasteiger partial charge in [0.05, 0.1) is 12.2 Å². The Morgan fingerprint density at radius 2 is 2.41 bits per heavy atom. The first-order valence-electron chi connectivity index (χ1n) is 5.70. The van der Waals surface area contributed by atoms with E-state index in [9.17, 15) is 9.18 Å². The highest BCUT2D eigenvalue weighted by molar-refractivity contribution is 5.94. The Balaban J connectivity index is 2.21. The summed E-state index contributed by atoms with van der Waals surface area (Å²) in [7, 11) is 0. The number of carbonyl (C=O) groups excluding carboxylic acids is 1. The number of benzene rings is 1. The van der Waals surface area contributed by atoms with Gasteiger partial charge in [0, 0.05) is 12.6 Å². The summed E-state index contributed by atoms with van der Waals surface area (Å²) in [4.78, 5) is 13.4. The fourth-order valence-electron chi connectivity index (χ4n) is 1.73. The van der Waals surface area contributed by atoms with E-state index < -0.39 is 0 Å². The first-order chi connectivity index (χ1) is 8.22. The fraction of sp³-hybridized carbons (Fsp3) is 0.417. The van der Waals surface area contributed by atoms with E-state index in [0.717, 1.165) is 6.42 Å². The molecule has 0 saturated carbocycles. The normalized spacial score (nSPS) is 13.9. The van der Waals surface area contributed by atoms with Crippen LogP contribution >= 0.6 is 0 Å². The van der Waals surface area contributed by atoms with Crippen molar-refractivity contribution >= 4 is 11.7 Å². The maximum absolute atomic E-state index is 13.2. The van der Waals surface area contributed by atoms with Crippen LogP contribution in [-0.2, 0) is 0 Å². The molecule has 5 heteroatoms. The summed E-state index contributed by atoms with van der Waals surface area (Å²) in [5, 5.41) is 2.77. The molecule has 92 valence electrons. The summed E-state index contributed by atoms with van der Waals surface area (Å²) < 4.78 is 18.5. The van der Waals surface area contributed by atoms with Gasteiger partial charge in [-0.2, -0.15) is 0 Å². The number of amides is 2. The molecule has 0 spiro atoms.